The molecule has 1 fully saturated rings. The molecule has 1 saturated carbocycles. The highest BCUT2D eigenvalue weighted by Crippen LogP contribution is 2.26. The van der Waals surface area contributed by atoms with Crippen LogP contribution in [0.3, 0.4) is 0 Å². The fraction of sp³-hybridized carbons (Fsp3) is 0.562. The Hall–Kier alpha value is -1.71. The summed E-state index contributed by atoms with van der Waals surface area (Å²) in [7, 11) is 1.56. The first-order chi connectivity index (χ1) is 9.63. The second-order valence-electron chi connectivity index (χ2n) is 5.62. The lowest BCUT2D eigenvalue weighted by Gasteiger charge is -2.23. The Balaban J connectivity index is 2.11. The van der Waals surface area contributed by atoms with Gasteiger partial charge in [0.2, 0.25) is 0 Å². The van der Waals surface area contributed by atoms with E-state index in [4.69, 9.17) is 10.5 Å². The van der Waals surface area contributed by atoms with E-state index in [1.165, 1.54) is 25.7 Å². The van der Waals surface area contributed by atoms with Crippen LogP contribution in [0, 0.1) is 5.92 Å². The highest BCUT2D eigenvalue weighted by Gasteiger charge is 2.23. The Morgan fingerprint density at radius 3 is 2.80 bits per heavy atom. The fourth-order valence-electron chi connectivity index (χ4n) is 2.87. The first-order valence-electron chi connectivity index (χ1n) is 7.37. The van der Waals surface area contributed by atoms with Gasteiger partial charge in [0, 0.05) is 6.04 Å². The smallest absolute Gasteiger partial charge is 0.253 e. The number of rotatable bonds is 3. The molecule has 0 saturated heterocycles. The fourth-order valence-corrected chi connectivity index (χ4v) is 2.87. The van der Waals surface area contributed by atoms with Crippen molar-refractivity contribution >= 4 is 11.6 Å². The molecule has 0 spiro atoms. The zero-order valence-corrected chi connectivity index (χ0v) is 12.3. The average molecular weight is 276 g/mol. The van der Waals surface area contributed by atoms with Gasteiger partial charge in [-0.15, -0.1) is 0 Å². The lowest BCUT2D eigenvalue weighted by atomic mass is 9.96. The summed E-state index contributed by atoms with van der Waals surface area (Å²) >= 11 is 0. The van der Waals surface area contributed by atoms with Crippen LogP contribution < -0.4 is 15.8 Å². The third-order valence-corrected chi connectivity index (χ3v) is 4.21. The van der Waals surface area contributed by atoms with Gasteiger partial charge < -0.3 is 15.8 Å². The molecule has 0 radical (unpaired) electrons. The third kappa shape index (κ3) is 3.24. The van der Waals surface area contributed by atoms with Crippen LogP contribution in [0.25, 0.3) is 0 Å². The van der Waals surface area contributed by atoms with Crippen LogP contribution in [0.15, 0.2) is 18.2 Å². The maximum atomic E-state index is 12.4. The molecule has 20 heavy (non-hydrogen) atoms. The van der Waals surface area contributed by atoms with E-state index in [1.807, 2.05) is 0 Å². The standard InChI is InChI=1S/C16H24N2O2/c1-11-7-4-3-5-9-13(11)18-16(19)12-8-6-10-14(20-2)15(12)17/h6,8,10-11,13H,3-5,7,9,17H2,1-2H3,(H,18,19). The van der Waals surface area contributed by atoms with Crippen LogP contribution >= 0.6 is 0 Å². The molecule has 1 aliphatic rings. The Bertz CT molecular complexity index is 474. The number of carbonyl (C=O) groups excluding carboxylic acids is 1. The summed E-state index contributed by atoms with van der Waals surface area (Å²) in [6.45, 7) is 2.21. The molecule has 0 heterocycles. The molecule has 2 unspecified atom stereocenters. The normalized spacial score (nSPS) is 22.9. The molecule has 4 heteroatoms. The summed E-state index contributed by atoms with van der Waals surface area (Å²) in [6.07, 6.45) is 5.94. The van der Waals surface area contributed by atoms with E-state index in [0.29, 0.717) is 22.9 Å². The predicted octanol–water partition coefficient (Wildman–Crippen LogP) is 2.98. The summed E-state index contributed by atoms with van der Waals surface area (Å²) < 4.78 is 5.16. The van der Waals surface area contributed by atoms with Gasteiger partial charge >= 0.3 is 0 Å². The van der Waals surface area contributed by atoms with Crippen molar-refractivity contribution in [3.63, 3.8) is 0 Å². The van der Waals surface area contributed by atoms with Gasteiger partial charge in [-0.3, -0.25) is 4.79 Å². The number of methoxy groups -OCH3 is 1. The van der Waals surface area contributed by atoms with Gasteiger partial charge in [-0.1, -0.05) is 32.3 Å². The van der Waals surface area contributed by atoms with Crippen molar-refractivity contribution in [3.8, 4) is 5.75 Å². The molecular formula is C16H24N2O2. The number of benzene rings is 1. The third-order valence-electron chi connectivity index (χ3n) is 4.21. The second kappa shape index (κ2) is 6.64. The molecule has 0 aromatic heterocycles. The Morgan fingerprint density at radius 1 is 1.30 bits per heavy atom. The topological polar surface area (TPSA) is 64.3 Å². The summed E-state index contributed by atoms with van der Waals surface area (Å²) in [6, 6.07) is 5.55. The van der Waals surface area contributed by atoms with E-state index >= 15 is 0 Å². The zero-order chi connectivity index (χ0) is 14.5. The van der Waals surface area contributed by atoms with Gasteiger partial charge in [-0.05, 0) is 30.9 Å². The lowest BCUT2D eigenvalue weighted by Crippen LogP contribution is -2.39. The van der Waals surface area contributed by atoms with E-state index in [0.717, 1.165) is 6.42 Å². The number of nitrogens with two attached hydrogens (primary N) is 1. The van der Waals surface area contributed by atoms with E-state index in [-0.39, 0.29) is 11.9 Å². The van der Waals surface area contributed by atoms with Crippen molar-refractivity contribution in [3.05, 3.63) is 23.8 Å². The molecule has 1 amide bonds. The van der Waals surface area contributed by atoms with Gasteiger partial charge in [0.1, 0.15) is 5.75 Å². The number of hydrogen-bond donors (Lipinski definition) is 2. The molecular weight excluding hydrogens is 252 g/mol. The molecule has 110 valence electrons. The van der Waals surface area contributed by atoms with E-state index in [2.05, 4.69) is 12.2 Å². The molecule has 0 aliphatic heterocycles. The maximum Gasteiger partial charge on any atom is 0.253 e. The van der Waals surface area contributed by atoms with E-state index in [9.17, 15) is 4.79 Å². The second-order valence-corrected chi connectivity index (χ2v) is 5.62. The van der Waals surface area contributed by atoms with Gasteiger partial charge in [0.05, 0.1) is 18.4 Å². The van der Waals surface area contributed by atoms with Gasteiger partial charge in [-0.2, -0.15) is 0 Å². The number of nitrogens with one attached hydrogen (secondary N) is 1. The van der Waals surface area contributed by atoms with Crippen LogP contribution in [-0.2, 0) is 0 Å². The highest BCUT2D eigenvalue weighted by molar-refractivity contribution is 6.00. The van der Waals surface area contributed by atoms with Crippen molar-refractivity contribution < 1.29 is 9.53 Å². The largest absolute Gasteiger partial charge is 0.495 e. The van der Waals surface area contributed by atoms with E-state index < -0.39 is 0 Å². The molecule has 1 aliphatic carbocycles. The molecule has 4 nitrogen and oxygen atoms in total. The minimum absolute atomic E-state index is 0.0971. The lowest BCUT2D eigenvalue weighted by molar-refractivity contribution is 0.0922. The number of carbonyl (C=O) groups is 1. The van der Waals surface area contributed by atoms with Gasteiger partial charge in [0.15, 0.2) is 0 Å². The molecule has 3 N–H and O–H groups in total. The van der Waals surface area contributed by atoms with Crippen molar-refractivity contribution in [2.45, 2.75) is 45.1 Å². The van der Waals surface area contributed by atoms with E-state index in [1.54, 1.807) is 25.3 Å². The van der Waals surface area contributed by atoms with Gasteiger partial charge in [0.25, 0.3) is 5.91 Å². The number of amides is 1. The first-order valence-corrected chi connectivity index (χ1v) is 7.37. The predicted molar refractivity (Wildman–Crippen MR) is 80.9 cm³/mol. The number of anilines is 1. The van der Waals surface area contributed by atoms with Crippen molar-refractivity contribution in [1.82, 2.24) is 5.32 Å². The van der Waals surface area contributed by atoms with Crippen LogP contribution in [0.2, 0.25) is 0 Å². The van der Waals surface area contributed by atoms with Crippen LogP contribution in [0.4, 0.5) is 5.69 Å². The molecule has 1 aromatic carbocycles. The zero-order valence-electron chi connectivity index (χ0n) is 12.3. The average Bonchev–Trinajstić information content (AvgIpc) is 2.64. The highest BCUT2D eigenvalue weighted by atomic mass is 16.5. The van der Waals surface area contributed by atoms with Crippen LogP contribution in [-0.4, -0.2) is 19.1 Å². The monoisotopic (exact) mass is 276 g/mol. The number of nitrogen functional groups attached to an aromatic ring is 1. The summed E-state index contributed by atoms with van der Waals surface area (Å²) in [4.78, 5) is 12.4. The number of hydrogen-bond acceptors (Lipinski definition) is 3. The quantitative estimate of drug-likeness (QED) is 0.659. The Kier molecular flexibility index (Phi) is 4.88. The number of para-hydroxylation sites is 1. The van der Waals surface area contributed by atoms with Crippen LogP contribution in [0.5, 0.6) is 5.75 Å². The van der Waals surface area contributed by atoms with Crippen molar-refractivity contribution in [2.24, 2.45) is 5.92 Å². The maximum absolute atomic E-state index is 12.4. The number of ether oxygens (including phenoxy) is 1. The molecule has 0 bridgehead atoms. The molecule has 2 atom stereocenters. The first kappa shape index (κ1) is 14.7. The van der Waals surface area contributed by atoms with Gasteiger partial charge in [-0.25, -0.2) is 0 Å². The SMILES string of the molecule is COc1cccc(C(=O)NC2CCCCCC2C)c1N. The summed E-state index contributed by atoms with van der Waals surface area (Å²) in [5.41, 5.74) is 6.89. The molecule has 2 rings (SSSR count). The van der Waals surface area contributed by atoms with Crippen molar-refractivity contribution in [2.75, 3.05) is 12.8 Å². The Labute approximate surface area is 120 Å². The van der Waals surface area contributed by atoms with Crippen molar-refractivity contribution in [1.29, 1.82) is 0 Å². The Morgan fingerprint density at radius 2 is 2.05 bits per heavy atom. The van der Waals surface area contributed by atoms with Crippen LogP contribution in [0.1, 0.15) is 49.4 Å². The minimum Gasteiger partial charge on any atom is -0.495 e. The summed E-state index contributed by atoms with van der Waals surface area (Å²) in [5, 5.41) is 3.14. The summed E-state index contributed by atoms with van der Waals surface area (Å²) in [5.74, 6) is 0.972. The molecule has 1 aromatic rings. The minimum atomic E-state index is -0.0971.